The number of nitrogens with two attached hydrogens (primary N) is 1. The van der Waals surface area contributed by atoms with Crippen LogP contribution in [0.25, 0.3) is 10.8 Å². The van der Waals surface area contributed by atoms with Gasteiger partial charge in [0.25, 0.3) is 0 Å². The number of likely N-dealkylation sites (N-methyl/N-ethyl adjacent to an activating group) is 1. The molecule has 0 heterocycles. The van der Waals surface area contributed by atoms with Gasteiger partial charge in [0.05, 0.1) is 0 Å². The van der Waals surface area contributed by atoms with Crippen LogP contribution in [-0.2, 0) is 6.42 Å². The summed E-state index contributed by atoms with van der Waals surface area (Å²) in [7, 11) is 2.05. The molecule has 90 valence electrons. The van der Waals surface area contributed by atoms with E-state index >= 15 is 0 Å². The maximum atomic E-state index is 5.57. The molecule has 0 aliphatic rings. The van der Waals surface area contributed by atoms with Gasteiger partial charge >= 0.3 is 0 Å². The maximum absolute atomic E-state index is 5.57. The summed E-state index contributed by atoms with van der Waals surface area (Å²) in [5.74, 6) is 0. The summed E-state index contributed by atoms with van der Waals surface area (Å²) in [5, 5.41) is 2.64. The topological polar surface area (TPSA) is 29.3 Å². The number of aryl methyl sites for hydroxylation is 1. The summed E-state index contributed by atoms with van der Waals surface area (Å²) in [6.45, 7) is 3.75. The SMILES string of the molecule is Cc1ccc2cc(CCN(C)CN)ccc2c1. The summed E-state index contributed by atoms with van der Waals surface area (Å²) in [6, 6.07) is 13.3. The van der Waals surface area contributed by atoms with Crippen LogP contribution in [0.15, 0.2) is 36.4 Å². The molecular weight excluding hydrogens is 208 g/mol. The molecule has 0 atom stereocenters. The van der Waals surface area contributed by atoms with Gasteiger partial charge in [-0.1, -0.05) is 42.0 Å². The van der Waals surface area contributed by atoms with Crippen molar-refractivity contribution in [1.29, 1.82) is 0 Å². The Bertz CT molecular complexity index is 505. The van der Waals surface area contributed by atoms with E-state index < -0.39 is 0 Å². The van der Waals surface area contributed by atoms with E-state index in [1.54, 1.807) is 0 Å². The number of nitrogens with zero attached hydrogens (tertiary/aromatic N) is 1. The van der Waals surface area contributed by atoms with Crippen LogP contribution in [0.5, 0.6) is 0 Å². The van der Waals surface area contributed by atoms with Gasteiger partial charge in [0.15, 0.2) is 0 Å². The molecule has 2 nitrogen and oxygen atoms in total. The molecule has 0 unspecified atom stereocenters. The quantitative estimate of drug-likeness (QED) is 0.815. The van der Waals surface area contributed by atoms with Gasteiger partial charge in [0, 0.05) is 13.2 Å². The molecule has 0 aliphatic carbocycles. The third-order valence-electron chi connectivity index (χ3n) is 3.15. The first kappa shape index (κ1) is 12.1. The van der Waals surface area contributed by atoms with Crippen LogP contribution in [0.3, 0.4) is 0 Å². The molecule has 2 N–H and O–H groups in total. The Labute approximate surface area is 103 Å². The van der Waals surface area contributed by atoms with E-state index in [4.69, 9.17) is 5.73 Å². The summed E-state index contributed by atoms with van der Waals surface area (Å²) in [5.41, 5.74) is 8.26. The number of hydrogen-bond acceptors (Lipinski definition) is 2. The van der Waals surface area contributed by atoms with E-state index in [0.29, 0.717) is 6.67 Å². The fraction of sp³-hybridized carbons (Fsp3) is 0.333. The highest BCUT2D eigenvalue weighted by molar-refractivity contribution is 5.83. The van der Waals surface area contributed by atoms with Gasteiger partial charge in [0.1, 0.15) is 0 Å². The van der Waals surface area contributed by atoms with Gasteiger partial charge in [-0.25, -0.2) is 0 Å². The predicted molar refractivity (Wildman–Crippen MR) is 74.1 cm³/mol. The zero-order chi connectivity index (χ0) is 12.3. The van der Waals surface area contributed by atoms with E-state index in [2.05, 4.69) is 48.2 Å². The minimum Gasteiger partial charge on any atom is -0.318 e. The van der Waals surface area contributed by atoms with Crippen molar-refractivity contribution in [1.82, 2.24) is 4.90 Å². The molecule has 0 saturated carbocycles. The minimum absolute atomic E-state index is 0.618. The van der Waals surface area contributed by atoms with Crippen molar-refractivity contribution in [3.05, 3.63) is 47.5 Å². The number of benzene rings is 2. The molecule has 0 amide bonds. The van der Waals surface area contributed by atoms with E-state index in [9.17, 15) is 0 Å². The lowest BCUT2D eigenvalue weighted by atomic mass is 10.0. The Kier molecular flexibility index (Phi) is 3.77. The van der Waals surface area contributed by atoms with Crippen LogP contribution in [0.2, 0.25) is 0 Å². The first-order valence-corrected chi connectivity index (χ1v) is 6.07. The highest BCUT2D eigenvalue weighted by Crippen LogP contribution is 2.18. The molecular formula is C15H20N2. The first-order valence-electron chi connectivity index (χ1n) is 6.07. The number of hydrogen-bond donors (Lipinski definition) is 1. The second-order valence-corrected chi connectivity index (χ2v) is 4.70. The second kappa shape index (κ2) is 5.30. The maximum Gasteiger partial charge on any atom is 0.0452 e. The zero-order valence-electron chi connectivity index (χ0n) is 10.6. The Hall–Kier alpha value is -1.38. The van der Waals surface area contributed by atoms with Gasteiger partial charge in [-0.3, -0.25) is 4.90 Å². The molecule has 2 aromatic carbocycles. The van der Waals surface area contributed by atoms with Crippen molar-refractivity contribution >= 4 is 10.8 Å². The molecule has 2 rings (SSSR count). The molecule has 0 radical (unpaired) electrons. The third-order valence-corrected chi connectivity index (χ3v) is 3.15. The van der Waals surface area contributed by atoms with Crippen LogP contribution in [-0.4, -0.2) is 25.2 Å². The van der Waals surface area contributed by atoms with Crippen molar-refractivity contribution < 1.29 is 0 Å². The first-order chi connectivity index (χ1) is 8.19. The van der Waals surface area contributed by atoms with Crippen molar-refractivity contribution in [2.75, 3.05) is 20.3 Å². The lowest BCUT2D eigenvalue weighted by Gasteiger charge is -2.13. The van der Waals surface area contributed by atoms with Crippen LogP contribution >= 0.6 is 0 Å². The molecule has 0 spiro atoms. The Morgan fingerprint density at radius 1 is 1.06 bits per heavy atom. The normalized spacial score (nSPS) is 11.3. The van der Waals surface area contributed by atoms with Gasteiger partial charge in [-0.2, -0.15) is 0 Å². The highest BCUT2D eigenvalue weighted by atomic mass is 15.1. The molecule has 0 aliphatic heterocycles. The molecule has 0 fully saturated rings. The lowest BCUT2D eigenvalue weighted by Crippen LogP contribution is -2.27. The van der Waals surface area contributed by atoms with Crippen LogP contribution in [0.4, 0.5) is 0 Å². The third kappa shape index (κ3) is 3.05. The Morgan fingerprint density at radius 3 is 2.53 bits per heavy atom. The predicted octanol–water partition coefficient (Wildman–Crippen LogP) is 2.54. The van der Waals surface area contributed by atoms with E-state index in [1.165, 1.54) is 21.9 Å². The van der Waals surface area contributed by atoms with Crippen LogP contribution in [0, 0.1) is 6.92 Å². The monoisotopic (exact) mass is 228 g/mol. The lowest BCUT2D eigenvalue weighted by molar-refractivity contribution is 0.349. The summed E-state index contributed by atoms with van der Waals surface area (Å²) >= 11 is 0. The standard InChI is InChI=1S/C15H20N2/c1-12-3-5-15-10-13(4-6-14(15)9-12)7-8-17(2)11-16/h3-6,9-10H,7-8,11,16H2,1-2H3. The van der Waals surface area contributed by atoms with Gasteiger partial charge in [-0.05, 0) is 36.7 Å². The molecule has 2 aromatic rings. The van der Waals surface area contributed by atoms with Crippen LogP contribution < -0.4 is 5.73 Å². The van der Waals surface area contributed by atoms with Gasteiger partial charge < -0.3 is 5.73 Å². The largest absolute Gasteiger partial charge is 0.318 e. The van der Waals surface area contributed by atoms with E-state index in [0.717, 1.165) is 13.0 Å². The molecule has 2 heteroatoms. The second-order valence-electron chi connectivity index (χ2n) is 4.70. The fourth-order valence-corrected chi connectivity index (χ4v) is 1.98. The molecule has 17 heavy (non-hydrogen) atoms. The number of rotatable bonds is 4. The molecule has 0 saturated heterocycles. The minimum atomic E-state index is 0.618. The summed E-state index contributed by atoms with van der Waals surface area (Å²) in [4.78, 5) is 2.12. The molecule has 0 bridgehead atoms. The van der Waals surface area contributed by atoms with Gasteiger partial charge in [0.2, 0.25) is 0 Å². The Morgan fingerprint density at radius 2 is 1.76 bits per heavy atom. The smallest absolute Gasteiger partial charge is 0.0452 e. The molecule has 0 aromatic heterocycles. The van der Waals surface area contributed by atoms with Crippen LogP contribution in [0.1, 0.15) is 11.1 Å². The van der Waals surface area contributed by atoms with E-state index in [1.807, 2.05) is 7.05 Å². The average Bonchev–Trinajstić information content (AvgIpc) is 2.35. The Balaban J connectivity index is 2.17. The fourth-order valence-electron chi connectivity index (χ4n) is 1.98. The number of fused-ring (bicyclic) bond motifs is 1. The highest BCUT2D eigenvalue weighted by Gasteiger charge is 1.99. The van der Waals surface area contributed by atoms with Crippen molar-refractivity contribution in [2.24, 2.45) is 5.73 Å². The van der Waals surface area contributed by atoms with Crippen molar-refractivity contribution in [2.45, 2.75) is 13.3 Å². The summed E-state index contributed by atoms with van der Waals surface area (Å²) in [6.07, 6.45) is 1.05. The van der Waals surface area contributed by atoms with Gasteiger partial charge in [-0.15, -0.1) is 0 Å². The van der Waals surface area contributed by atoms with E-state index in [-0.39, 0.29) is 0 Å². The summed E-state index contributed by atoms with van der Waals surface area (Å²) < 4.78 is 0. The average molecular weight is 228 g/mol. The van der Waals surface area contributed by atoms with Crippen molar-refractivity contribution in [3.8, 4) is 0 Å². The van der Waals surface area contributed by atoms with Crippen molar-refractivity contribution in [3.63, 3.8) is 0 Å². The zero-order valence-corrected chi connectivity index (χ0v) is 10.6.